The highest BCUT2D eigenvalue weighted by Gasteiger charge is 2.17. The van der Waals surface area contributed by atoms with E-state index < -0.39 is 12.0 Å². The first-order valence-electron chi connectivity index (χ1n) is 7.64. The summed E-state index contributed by atoms with van der Waals surface area (Å²) in [5, 5.41) is 4.29. The van der Waals surface area contributed by atoms with Crippen LogP contribution in [0.1, 0.15) is 6.92 Å². The number of hydrogen-bond donors (Lipinski definition) is 0. The van der Waals surface area contributed by atoms with Crippen molar-refractivity contribution in [1.29, 1.82) is 0 Å². The lowest BCUT2D eigenvalue weighted by Crippen LogP contribution is -2.10. The van der Waals surface area contributed by atoms with Crippen LogP contribution in [0.2, 0.25) is 5.02 Å². The minimum Gasteiger partial charge on any atom is -0.434 e. The van der Waals surface area contributed by atoms with Gasteiger partial charge in [0, 0.05) is 16.1 Å². The largest absolute Gasteiger partial charge is 0.515 e. The van der Waals surface area contributed by atoms with Crippen molar-refractivity contribution < 1.29 is 18.7 Å². The third kappa shape index (κ3) is 4.05. The van der Waals surface area contributed by atoms with E-state index in [-0.39, 0.29) is 17.5 Å². The second kappa shape index (κ2) is 7.88. The lowest BCUT2D eigenvalue weighted by molar-refractivity contribution is 0.102. The van der Waals surface area contributed by atoms with E-state index in [0.717, 1.165) is 4.47 Å². The Kier molecular flexibility index (Phi) is 5.58. The number of carbonyl (C=O) groups is 1. The van der Waals surface area contributed by atoms with Crippen LogP contribution in [0.3, 0.4) is 0 Å². The van der Waals surface area contributed by atoms with Crippen molar-refractivity contribution in [3.63, 3.8) is 0 Å². The monoisotopic (exact) mass is 438 g/mol. The number of ether oxygens (including phenoxy) is 2. The molecule has 134 valence electrons. The molecule has 3 aromatic rings. The molecule has 0 aliphatic carbocycles. The molecule has 0 aliphatic heterocycles. The molecular weight excluding hydrogens is 427 g/mol. The lowest BCUT2D eigenvalue weighted by atomic mass is 10.1. The summed E-state index contributed by atoms with van der Waals surface area (Å²) in [4.78, 5) is 11.6. The van der Waals surface area contributed by atoms with Crippen LogP contribution in [0.4, 0.5) is 9.18 Å². The highest BCUT2D eigenvalue weighted by molar-refractivity contribution is 9.10. The van der Waals surface area contributed by atoms with Gasteiger partial charge in [0.2, 0.25) is 5.88 Å². The molecule has 0 N–H and O–H groups in total. The van der Waals surface area contributed by atoms with Crippen molar-refractivity contribution in [2.75, 3.05) is 6.61 Å². The predicted molar refractivity (Wildman–Crippen MR) is 99.3 cm³/mol. The molecule has 0 unspecified atom stereocenters. The van der Waals surface area contributed by atoms with Gasteiger partial charge in [-0.1, -0.05) is 33.6 Å². The van der Waals surface area contributed by atoms with E-state index in [1.54, 1.807) is 23.7 Å². The summed E-state index contributed by atoms with van der Waals surface area (Å²) in [6.45, 7) is 1.86. The molecule has 0 aliphatic rings. The molecule has 5 nitrogen and oxygen atoms in total. The molecular formula is C18H13BrClFN2O3. The van der Waals surface area contributed by atoms with Gasteiger partial charge in [0.1, 0.15) is 5.82 Å². The maximum atomic E-state index is 13.5. The zero-order valence-corrected chi connectivity index (χ0v) is 15.9. The van der Waals surface area contributed by atoms with Gasteiger partial charge in [-0.3, -0.25) is 0 Å². The Balaban J connectivity index is 2.09. The smallest absolute Gasteiger partial charge is 0.434 e. The van der Waals surface area contributed by atoms with Crippen molar-refractivity contribution in [3.05, 3.63) is 63.8 Å². The van der Waals surface area contributed by atoms with E-state index in [2.05, 4.69) is 21.0 Å². The molecule has 0 radical (unpaired) electrons. The molecule has 1 heterocycles. The number of nitrogens with zero attached hydrogens (tertiary/aromatic N) is 2. The van der Waals surface area contributed by atoms with E-state index >= 15 is 0 Å². The number of benzene rings is 2. The van der Waals surface area contributed by atoms with Crippen molar-refractivity contribution in [2.45, 2.75) is 6.92 Å². The molecule has 0 spiro atoms. The summed E-state index contributed by atoms with van der Waals surface area (Å²) in [5.74, 6) is -0.467. The van der Waals surface area contributed by atoms with Crippen molar-refractivity contribution in [2.24, 2.45) is 0 Å². The van der Waals surface area contributed by atoms with Crippen LogP contribution in [0.25, 0.3) is 16.9 Å². The Morgan fingerprint density at radius 1 is 1.27 bits per heavy atom. The highest BCUT2D eigenvalue weighted by atomic mass is 79.9. The van der Waals surface area contributed by atoms with Crippen molar-refractivity contribution >= 4 is 33.7 Å². The minimum absolute atomic E-state index is 0.0163. The van der Waals surface area contributed by atoms with Crippen molar-refractivity contribution in [3.8, 4) is 22.8 Å². The van der Waals surface area contributed by atoms with E-state index in [9.17, 15) is 9.18 Å². The lowest BCUT2D eigenvalue weighted by Gasteiger charge is -2.08. The van der Waals surface area contributed by atoms with E-state index in [4.69, 9.17) is 21.1 Å². The first-order chi connectivity index (χ1) is 12.5. The summed E-state index contributed by atoms with van der Waals surface area (Å²) < 4.78 is 25.8. The van der Waals surface area contributed by atoms with Gasteiger partial charge in [-0.2, -0.15) is 0 Å². The topological polar surface area (TPSA) is 53.4 Å². The average Bonchev–Trinajstić information content (AvgIpc) is 3.01. The Hall–Kier alpha value is -2.38. The summed E-state index contributed by atoms with van der Waals surface area (Å²) in [5.41, 5.74) is 1.90. The van der Waals surface area contributed by atoms with Gasteiger partial charge >= 0.3 is 6.16 Å². The zero-order valence-electron chi connectivity index (χ0n) is 13.6. The van der Waals surface area contributed by atoms with Crippen molar-refractivity contribution in [1.82, 2.24) is 9.78 Å². The summed E-state index contributed by atoms with van der Waals surface area (Å²) >= 11 is 9.31. The SMILES string of the molecule is CCOC(=O)Oc1cc(-c2ccc(F)c(Cl)c2)n(-c2cccc(Br)c2)n1. The van der Waals surface area contributed by atoms with Crippen LogP contribution >= 0.6 is 27.5 Å². The molecule has 26 heavy (non-hydrogen) atoms. The first kappa shape index (κ1) is 18.4. The molecule has 1 aromatic heterocycles. The van der Waals surface area contributed by atoms with Crippen LogP contribution in [-0.4, -0.2) is 22.5 Å². The van der Waals surface area contributed by atoms with E-state index in [1.807, 2.05) is 24.3 Å². The molecule has 0 saturated heterocycles. The molecule has 2 aromatic carbocycles. The molecule has 0 fully saturated rings. The molecule has 0 saturated carbocycles. The minimum atomic E-state index is -0.852. The van der Waals surface area contributed by atoms with Gasteiger partial charge in [-0.25, -0.2) is 13.9 Å². The van der Waals surface area contributed by atoms with Crippen LogP contribution in [0.5, 0.6) is 5.88 Å². The first-order valence-corrected chi connectivity index (χ1v) is 8.81. The Labute approximate surface area is 162 Å². The predicted octanol–water partition coefficient (Wildman–Crippen LogP) is 5.63. The van der Waals surface area contributed by atoms with Crippen LogP contribution in [0, 0.1) is 5.82 Å². The quantitative estimate of drug-likeness (QED) is 0.494. The highest BCUT2D eigenvalue weighted by Crippen LogP contribution is 2.30. The second-order valence-corrected chi connectivity index (χ2v) is 6.50. The number of rotatable bonds is 4. The van der Waals surface area contributed by atoms with Gasteiger partial charge in [0.15, 0.2) is 0 Å². The average molecular weight is 440 g/mol. The zero-order chi connectivity index (χ0) is 18.7. The maximum absolute atomic E-state index is 13.5. The van der Waals surface area contributed by atoms with Crippen LogP contribution < -0.4 is 4.74 Å². The van der Waals surface area contributed by atoms with E-state index in [1.165, 1.54) is 12.1 Å². The standard InChI is InChI=1S/C18H13BrClFN2O3/c1-2-25-18(24)26-17-10-16(11-6-7-15(21)14(20)8-11)23(22-17)13-5-3-4-12(19)9-13/h3-10H,2H2,1H3. The molecule has 0 amide bonds. The fourth-order valence-corrected chi connectivity index (χ4v) is 2.88. The molecule has 0 bridgehead atoms. The third-order valence-corrected chi connectivity index (χ3v) is 4.19. The van der Waals surface area contributed by atoms with Gasteiger partial charge in [0.05, 0.1) is 23.0 Å². The summed E-state index contributed by atoms with van der Waals surface area (Å²) in [6, 6.07) is 13.3. The molecule has 0 atom stereocenters. The Morgan fingerprint density at radius 3 is 2.77 bits per heavy atom. The van der Waals surface area contributed by atoms with Crippen LogP contribution in [-0.2, 0) is 4.74 Å². The van der Waals surface area contributed by atoms with Gasteiger partial charge in [0.25, 0.3) is 0 Å². The summed E-state index contributed by atoms with van der Waals surface area (Å²) in [7, 11) is 0. The summed E-state index contributed by atoms with van der Waals surface area (Å²) in [6.07, 6.45) is -0.852. The Morgan fingerprint density at radius 2 is 2.08 bits per heavy atom. The Bertz CT molecular complexity index is 961. The van der Waals surface area contributed by atoms with Gasteiger partial charge in [-0.05, 0) is 43.3 Å². The second-order valence-electron chi connectivity index (χ2n) is 5.17. The number of hydrogen-bond acceptors (Lipinski definition) is 4. The van der Waals surface area contributed by atoms with E-state index in [0.29, 0.717) is 16.9 Å². The fourth-order valence-electron chi connectivity index (χ4n) is 2.31. The molecule has 3 rings (SSSR count). The van der Waals surface area contributed by atoms with Gasteiger partial charge in [-0.15, -0.1) is 5.10 Å². The normalized spacial score (nSPS) is 10.6. The maximum Gasteiger partial charge on any atom is 0.515 e. The fraction of sp³-hybridized carbons (Fsp3) is 0.111. The number of carbonyl (C=O) groups excluding carboxylic acids is 1. The van der Waals surface area contributed by atoms with Gasteiger partial charge < -0.3 is 9.47 Å². The molecule has 8 heteroatoms. The number of halogens is 3. The van der Waals surface area contributed by atoms with Crippen LogP contribution in [0.15, 0.2) is 53.0 Å². The third-order valence-electron chi connectivity index (χ3n) is 3.41. The number of aromatic nitrogens is 2.